The average Bonchev–Trinajstić information content (AvgIpc) is 1.89. The van der Waals surface area contributed by atoms with Gasteiger partial charge >= 0.3 is 0 Å². The van der Waals surface area contributed by atoms with E-state index in [0.29, 0.717) is 13.2 Å². The van der Waals surface area contributed by atoms with Crippen LogP contribution in [0.2, 0.25) is 0 Å². The van der Waals surface area contributed by atoms with Crippen LogP contribution in [0.15, 0.2) is 0 Å². The summed E-state index contributed by atoms with van der Waals surface area (Å²) < 4.78 is 10.6. The number of rotatable bonds is 5. The summed E-state index contributed by atoms with van der Waals surface area (Å²) in [5.74, 6) is 0. The Hall–Kier alpha value is 0.620. The van der Waals surface area contributed by atoms with Crippen LogP contribution in [0.25, 0.3) is 0 Å². The SMILES string of the molecule is CCOC(C)(OCC)SS. The van der Waals surface area contributed by atoms with Crippen LogP contribution in [-0.4, -0.2) is 18.3 Å². The van der Waals surface area contributed by atoms with Crippen molar-refractivity contribution in [2.24, 2.45) is 0 Å². The van der Waals surface area contributed by atoms with E-state index < -0.39 is 5.12 Å². The summed E-state index contributed by atoms with van der Waals surface area (Å²) in [7, 11) is 1.27. The largest absolute Gasteiger partial charge is 0.341 e. The molecule has 10 heavy (non-hydrogen) atoms. The van der Waals surface area contributed by atoms with E-state index in [2.05, 4.69) is 11.7 Å². The van der Waals surface area contributed by atoms with E-state index in [9.17, 15) is 0 Å². The molecule has 62 valence electrons. The van der Waals surface area contributed by atoms with Crippen molar-refractivity contribution in [3.8, 4) is 0 Å². The number of thiol groups is 1. The number of hydrogen-bond donors (Lipinski definition) is 1. The topological polar surface area (TPSA) is 18.5 Å². The van der Waals surface area contributed by atoms with Crippen LogP contribution in [0.3, 0.4) is 0 Å². The Labute approximate surface area is 71.5 Å². The van der Waals surface area contributed by atoms with E-state index >= 15 is 0 Å². The minimum absolute atomic E-state index is 0.577. The van der Waals surface area contributed by atoms with Gasteiger partial charge in [0.25, 0.3) is 0 Å². The first-order chi connectivity index (χ1) is 4.68. The molecular formula is C6H14O2S2. The first-order valence-electron chi connectivity index (χ1n) is 3.29. The zero-order valence-corrected chi connectivity index (χ0v) is 8.30. The maximum absolute atomic E-state index is 5.28. The number of ether oxygens (including phenoxy) is 2. The van der Waals surface area contributed by atoms with Crippen molar-refractivity contribution in [2.45, 2.75) is 25.9 Å². The highest BCUT2D eigenvalue weighted by Gasteiger charge is 2.23. The molecule has 0 aliphatic heterocycles. The lowest BCUT2D eigenvalue weighted by atomic mass is 10.7. The van der Waals surface area contributed by atoms with Gasteiger partial charge in [0.15, 0.2) is 0 Å². The van der Waals surface area contributed by atoms with Crippen LogP contribution in [0, 0.1) is 0 Å². The minimum Gasteiger partial charge on any atom is -0.341 e. The second-order valence-electron chi connectivity index (χ2n) is 1.82. The Morgan fingerprint density at radius 2 is 1.70 bits per heavy atom. The first kappa shape index (κ1) is 10.6. The standard InChI is InChI=1S/C6H14O2S2/c1-4-7-6(3,10-9)8-5-2/h9H,4-5H2,1-3H3. The molecule has 0 amide bonds. The van der Waals surface area contributed by atoms with Crippen molar-refractivity contribution in [3.63, 3.8) is 0 Å². The smallest absolute Gasteiger partial charge is 0.224 e. The monoisotopic (exact) mass is 182 g/mol. The lowest BCUT2D eigenvalue weighted by Crippen LogP contribution is -2.26. The maximum atomic E-state index is 5.28. The van der Waals surface area contributed by atoms with Crippen LogP contribution in [-0.2, 0) is 9.47 Å². The van der Waals surface area contributed by atoms with Gasteiger partial charge in [-0.25, -0.2) is 0 Å². The third kappa shape index (κ3) is 3.71. The van der Waals surface area contributed by atoms with Crippen LogP contribution >= 0.6 is 22.5 Å². The van der Waals surface area contributed by atoms with E-state index in [0.717, 1.165) is 0 Å². The molecular weight excluding hydrogens is 168 g/mol. The number of hydrogen-bond acceptors (Lipinski definition) is 4. The molecule has 0 aliphatic carbocycles. The zero-order valence-electron chi connectivity index (χ0n) is 6.59. The van der Waals surface area contributed by atoms with Gasteiger partial charge in [-0.2, -0.15) is 0 Å². The highest BCUT2D eigenvalue weighted by Crippen LogP contribution is 2.30. The van der Waals surface area contributed by atoms with Crippen LogP contribution in [0.1, 0.15) is 20.8 Å². The summed E-state index contributed by atoms with van der Waals surface area (Å²) in [6.45, 7) is 7.01. The molecule has 0 bridgehead atoms. The molecule has 0 radical (unpaired) electrons. The van der Waals surface area contributed by atoms with Crippen molar-refractivity contribution in [2.75, 3.05) is 13.2 Å². The molecule has 0 spiro atoms. The Bertz CT molecular complexity index is 81.8. The third-order valence-electron chi connectivity index (χ3n) is 0.979. The first-order valence-corrected chi connectivity index (χ1v) is 5.16. The van der Waals surface area contributed by atoms with Gasteiger partial charge in [-0.1, -0.05) is 0 Å². The summed E-state index contributed by atoms with van der Waals surface area (Å²) in [4.78, 5) is 0. The van der Waals surface area contributed by atoms with E-state index in [1.807, 2.05) is 20.8 Å². The molecule has 0 N–H and O–H groups in total. The van der Waals surface area contributed by atoms with Gasteiger partial charge in [0, 0.05) is 20.1 Å². The molecule has 0 saturated heterocycles. The fourth-order valence-electron chi connectivity index (χ4n) is 0.619. The molecule has 0 aromatic carbocycles. The predicted octanol–water partition coefficient (Wildman–Crippen LogP) is 2.31. The predicted molar refractivity (Wildman–Crippen MR) is 48.2 cm³/mol. The molecule has 0 rings (SSSR count). The van der Waals surface area contributed by atoms with Gasteiger partial charge < -0.3 is 9.47 Å². The van der Waals surface area contributed by atoms with Crippen LogP contribution < -0.4 is 0 Å². The van der Waals surface area contributed by atoms with Crippen LogP contribution in [0.5, 0.6) is 0 Å². The van der Waals surface area contributed by atoms with Gasteiger partial charge in [0.1, 0.15) is 0 Å². The van der Waals surface area contributed by atoms with Crippen molar-refractivity contribution in [1.82, 2.24) is 0 Å². The van der Waals surface area contributed by atoms with Crippen molar-refractivity contribution >= 4 is 22.5 Å². The normalized spacial score (nSPS) is 12.0. The Morgan fingerprint density at radius 3 is 1.90 bits per heavy atom. The molecule has 0 aromatic rings. The highest BCUT2D eigenvalue weighted by atomic mass is 33.1. The van der Waals surface area contributed by atoms with E-state index in [1.54, 1.807) is 0 Å². The Balaban J connectivity index is 3.69. The van der Waals surface area contributed by atoms with Crippen LogP contribution in [0.4, 0.5) is 0 Å². The maximum Gasteiger partial charge on any atom is 0.224 e. The molecule has 0 fully saturated rings. The lowest BCUT2D eigenvalue weighted by molar-refractivity contribution is -0.151. The lowest BCUT2D eigenvalue weighted by Gasteiger charge is -2.25. The van der Waals surface area contributed by atoms with Gasteiger partial charge in [-0.15, -0.1) is 11.7 Å². The molecule has 0 aromatic heterocycles. The fourth-order valence-corrected chi connectivity index (χ4v) is 1.28. The molecule has 0 heterocycles. The summed E-state index contributed by atoms with van der Waals surface area (Å²) in [5.41, 5.74) is 0. The van der Waals surface area contributed by atoms with E-state index in [-0.39, 0.29) is 0 Å². The van der Waals surface area contributed by atoms with Gasteiger partial charge in [-0.3, -0.25) is 0 Å². The fraction of sp³-hybridized carbons (Fsp3) is 1.00. The second-order valence-corrected chi connectivity index (χ2v) is 3.29. The minimum atomic E-state index is -0.577. The molecule has 0 saturated carbocycles. The van der Waals surface area contributed by atoms with E-state index in [1.165, 1.54) is 10.8 Å². The van der Waals surface area contributed by atoms with Gasteiger partial charge in [0.2, 0.25) is 5.12 Å². The quantitative estimate of drug-likeness (QED) is 0.400. The van der Waals surface area contributed by atoms with Gasteiger partial charge in [-0.05, 0) is 24.6 Å². The van der Waals surface area contributed by atoms with Crippen molar-refractivity contribution in [3.05, 3.63) is 0 Å². The zero-order chi connectivity index (χ0) is 8.04. The molecule has 2 nitrogen and oxygen atoms in total. The summed E-state index contributed by atoms with van der Waals surface area (Å²) in [6.07, 6.45) is 0. The summed E-state index contributed by atoms with van der Waals surface area (Å²) in [5, 5.41) is -0.577. The highest BCUT2D eigenvalue weighted by molar-refractivity contribution is 8.69. The summed E-state index contributed by atoms with van der Waals surface area (Å²) >= 11 is 4.04. The van der Waals surface area contributed by atoms with Crippen molar-refractivity contribution in [1.29, 1.82) is 0 Å². The van der Waals surface area contributed by atoms with Gasteiger partial charge in [0.05, 0.1) is 0 Å². The Morgan fingerprint density at radius 1 is 1.30 bits per heavy atom. The van der Waals surface area contributed by atoms with Crippen molar-refractivity contribution < 1.29 is 9.47 Å². The Kier molecular flexibility index (Phi) is 5.62. The molecule has 0 atom stereocenters. The second kappa shape index (κ2) is 5.29. The molecule has 4 heteroatoms. The molecule has 0 aliphatic rings. The average molecular weight is 182 g/mol. The molecule has 0 unspecified atom stereocenters. The van der Waals surface area contributed by atoms with E-state index in [4.69, 9.17) is 9.47 Å². The summed E-state index contributed by atoms with van der Waals surface area (Å²) in [6, 6.07) is 0. The third-order valence-corrected chi connectivity index (χ3v) is 2.54.